The van der Waals surface area contributed by atoms with Crippen molar-refractivity contribution < 1.29 is 8.42 Å². The maximum atomic E-state index is 11.0. The minimum absolute atomic E-state index is 0.468. The first-order valence-electron chi connectivity index (χ1n) is 2.93. The molecule has 5 heteroatoms. The van der Waals surface area contributed by atoms with Gasteiger partial charge >= 0.3 is 0 Å². The van der Waals surface area contributed by atoms with Crippen LogP contribution in [0.3, 0.4) is 0 Å². The van der Waals surface area contributed by atoms with Gasteiger partial charge < -0.3 is 0 Å². The molecule has 0 saturated carbocycles. The largest absolute Gasteiger partial charge is 0.246 e. The highest BCUT2D eigenvalue weighted by atomic mass is 32.3. The second-order valence-corrected chi connectivity index (χ2v) is 5.12. The van der Waals surface area contributed by atoms with E-state index in [0.29, 0.717) is 4.24 Å². The van der Waals surface area contributed by atoms with Gasteiger partial charge in [-0.1, -0.05) is 6.08 Å². The summed E-state index contributed by atoms with van der Waals surface area (Å²) in [5, 5.41) is 0. The lowest BCUT2D eigenvalue weighted by Gasteiger charge is -1.99. The van der Waals surface area contributed by atoms with E-state index in [4.69, 9.17) is 0 Å². The molecule has 0 aromatic carbocycles. The lowest BCUT2D eigenvalue weighted by molar-refractivity contribution is 0.596. The fourth-order valence-corrected chi connectivity index (χ4v) is 3.01. The van der Waals surface area contributed by atoms with Crippen molar-refractivity contribution in [3.05, 3.63) is 10.3 Å². The highest BCUT2D eigenvalue weighted by molar-refractivity contribution is 8.18. The van der Waals surface area contributed by atoms with Gasteiger partial charge in [-0.15, -0.1) is 11.8 Å². The van der Waals surface area contributed by atoms with Crippen LogP contribution < -0.4 is 4.72 Å². The van der Waals surface area contributed by atoms with Gasteiger partial charge in [0.25, 0.3) is 0 Å². The summed E-state index contributed by atoms with van der Waals surface area (Å²) in [6.07, 6.45) is 2.61. The Labute approximate surface area is 64.9 Å². The van der Waals surface area contributed by atoms with E-state index in [-0.39, 0.29) is 0 Å². The molecule has 0 atom stereocenters. The highest BCUT2D eigenvalue weighted by Gasteiger charge is 2.18. The zero-order valence-corrected chi connectivity index (χ0v) is 7.26. The molecule has 0 saturated heterocycles. The maximum absolute atomic E-state index is 11.0. The second-order valence-electron chi connectivity index (χ2n) is 1.87. The molecular weight excluding hydrogens is 170 g/mol. The number of rotatable bonds is 2. The van der Waals surface area contributed by atoms with Gasteiger partial charge in [-0.25, -0.2) is 13.1 Å². The van der Waals surface area contributed by atoms with Gasteiger partial charge in [0.15, 0.2) is 0 Å². The van der Waals surface area contributed by atoms with Crippen LogP contribution in [-0.2, 0) is 10.0 Å². The molecule has 0 aromatic rings. The first-order valence-corrected chi connectivity index (χ1v) is 5.40. The highest BCUT2D eigenvalue weighted by Crippen LogP contribution is 2.28. The van der Waals surface area contributed by atoms with E-state index in [2.05, 4.69) is 4.72 Å². The number of hydrogen-bond donors (Lipinski definition) is 1. The Kier molecular flexibility index (Phi) is 2.38. The van der Waals surface area contributed by atoms with Crippen molar-refractivity contribution in [2.45, 2.75) is 6.42 Å². The number of thioether (sulfide) groups is 1. The van der Waals surface area contributed by atoms with Crippen molar-refractivity contribution in [1.29, 1.82) is 0 Å². The molecular formula is C5H9NO2S2. The molecule has 1 rings (SSSR count). The van der Waals surface area contributed by atoms with E-state index in [9.17, 15) is 8.42 Å². The third-order valence-corrected chi connectivity index (χ3v) is 4.34. The Hall–Kier alpha value is -0.0000000000000000555. The third-order valence-electron chi connectivity index (χ3n) is 1.21. The van der Waals surface area contributed by atoms with Gasteiger partial charge in [-0.3, -0.25) is 0 Å². The molecule has 0 fully saturated rings. The summed E-state index contributed by atoms with van der Waals surface area (Å²) in [7, 11) is -1.70. The molecule has 58 valence electrons. The van der Waals surface area contributed by atoms with Crippen molar-refractivity contribution in [3.63, 3.8) is 0 Å². The maximum Gasteiger partial charge on any atom is 0.246 e. The molecule has 0 aliphatic carbocycles. The monoisotopic (exact) mass is 179 g/mol. The van der Waals surface area contributed by atoms with Crippen molar-refractivity contribution in [3.8, 4) is 0 Å². The van der Waals surface area contributed by atoms with Crippen LogP contribution in [-0.4, -0.2) is 21.2 Å². The van der Waals surface area contributed by atoms with Gasteiger partial charge in [0.2, 0.25) is 10.0 Å². The summed E-state index contributed by atoms with van der Waals surface area (Å²) in [5.41, 5.74) is 0. The average Bonchev–Trinajstić information content (AvgIpc) is 2.38. The molecule has 1 N–H and O–H groups in total. The number of allylic oxidation sites excluding steroid dienone is 1. The zero-order chi connectivity index (χ0) is 7.61. The second kappa shape index (κ2) is 2.94. The standard InChI is InChI=1S/C5H9NO2S2/c1-6-10(7,8)5-3-2-4-9-5/h3,6H,2,4H2,1H3. The molecule has 1 aliphatic heterocycles. The topological polar surface area (TPSA) is 46.2 Å². The Morgan fingerprint density at radius 3 is 2.80 bits per heavy atom. The van der Waals surface area contributed by atoms with E-state index in [1.165, 1.54) is 18.8 Å². The molecule has 0 radical (unpaired) electrons. The summed E-state index contributed by atoms with van der Waals surface area (Å²) >= 11 is 1.38. The van der Waals surface area contributed by atoms with E-state index in [1.54, 1.807) is 6.08 Å². The Balaban J connectivity index is 2.83. The fourth-order valence-electron chi connectivity index (χ4n) is 0.683. The first-order chi connectivity index (χ1) is 4.67. The van der Waals surface area contributed by atoms with Crippen LogP contribution >= 0.6 is 11.8 Å². The van der Waals surface area contributed by atoms with Gasteiger partial charge in [0, 0.05) is 5.75 Å². The summed E-state index contributed by atoms with van der Waals surface area (Å²) in [6, 6.07) is 0. The van der Waals surface area contributed by atoms with Crippen molar-refractivity contribution in [1.82, 2.24) is 4.72 Å². The van der Waals surface area contributed by atoms with Gasteiger partial charge in [0.05, 0.1) is 0 Å². The minimum Gasteiger partial charge on any atom is -0.214 e. The Morgan fingerprint density at radius 2 is 2.40 bits per heavy atom. The number of hydrogen-bond acceptors (Lipinski definition) is 3. The molecule has 1 heterocycles. The predicted octanol–water partition coefficient (Wildman–Crippen LogP) is 0.514. The predicted molar refractivity (Wildman–Crippen MR) is 43.1 cm³/mol. The smallest absolute Gasteiger partial charge is 0.214 e. The Bertz CT molecular complexity index is 242. The van der Waals surface area contributed by atoms with E-state index < -0.39 is 10.0 Å². The van der Waals surface area contributed by atoms with Gasteiger partial charge in [-0.2, -0.15) is 0 Å². The van der Waals surface area contributed by atoms with Crippen molar-refractivity contribution in [2.75, 3.05) is 12.8 Å². The lowest BCUT2D eigenvalue weighted by atomic mass is 10.5. The van der Waals surface area contributed by atoms with E-state index >= 15 is 0 Å². The van der Waals surface area contributed by atoms with E-state index in [1.807, 2.05) is 0 Å². The zero-order valence-electron chi connectivity index (χ0n) is 5.62. The molecule has 1 aliphatic rings. The molecule has 0 unspecified atom stereocenters. The molecule has 0 bridgehead atoms. The van der Waals surface area contributed by atoms with Crippen LogP contribution in [0.1, 0.15) is 6.42 Å². The fraction of sp³-hybridized carbons (Fsp3) is 0.600. The summed E-state index contributed by atoms with van der Waals surface area (Å²) in [4.78, 5) is 0. The molecule has 3 nitrogen and oxygen atoms in total. The number of sulfonamides is 1. The quantitative estimate of drug-likeness (QED) is 0.672. The third kappa shape index (κ3) is 1.53. The van der Waals surface area contributed by atoms with Crippen LogP contribution in [0, 0.1) is 0 Å². The average molecular weight is 179 g/mol. The summed E-state index contributed by atoms with van der Waals surface area (Å²) in [6.45, 7) is 0. The normalized spacial score (nSPS) is 19.1. The van der Waals surface area contributed by atoms with Crippen LogP contribution in [0.4, 0.5) is 0 Å². The lowest BCUT2D eigenvalue weighted by Crippen LogP contribution is -2.18. The van der Waals surface area contributed by atoms with Gasteiger partial charge in [0.1, 0.15) is 4.24 Å². The van der Waals surface area contributed by atoms with Crippen LogP contribution in [0.25, 0.3) is 0 Å². The minimum atomic E-state index is -3.12. The summed E-state index contributed by atoms with van der Waals surface area (Å²) < 4.78 is 24.7. The SMILES string of the molecule is CNS(=O)(=O)C1=CCCS1. The first kappa shape index (κ1) is 8.10. The van der Waals surface area contributed by atoms with Crippen molar-refractivity contribution >= 4 is 21.8 Å². The van der Waals surface area contributed by atoms with Crippen LogP contribution in [0.5, 0.6) is 0 Å². The molecule has 10 heavy (non-hydrogen) atoms. The van der Waals surface area contributed by atoms with Crippen LogP contribution in [0.2, 0.25) is 0 Å². The molecule has 0 aromatic heterocycles. The Morgan fingerprint density at radius 1 is 1.70 bits per heavy atom. The number of nitrogens with one attached hydrogen (secondary N) is 1. The van der Waals surface area contributed by atoms with Gasteiger partial charge in [-0.05, 0) is 13.5 Å². The van der Waals surface area contributed by atoms with Crippen molar-refractivity contribution in [2.24, 2.45) is 0 Å². The summed E-state index contributed by atoms with van der Waals surface area (Å²) in [5.74, 6) is 0.885. The van der Waals surface area contributed by atoms with Crippen LogP contribution in [0.15, 0.2) is 10.3 Å². The molecule has 0 spiro atoms. The molecule has 0 amide bonds. The van der Waals surface area contributed by atoms with E-state index in [0.717, 1.165) is 12.2 Å².